The van der Waals surface area contributed by atoms with Crippen molar-refractivity contribution in [1.29, 1.82) is 0 Å². The molecule has 1 unspecified atom stereocenters. The number of hydrogen-bond acceptors (Lipinski definition) is 4. The number of ether oxygens (including phenoxy) is 1. The van der Waals surface area contributed by atoms with Gasteiger partial charge in [0.2, 0.25) is 5.91 Å². The first kappa shape index (κ1) is 14.3. The fourth-order valence-corrected chi connectivity index (χ4v) is 1.79. The Bertz CT molecular complexity index is 343. The maximum Gasteiger partial charge on any atom is 0.325 e. The van der Waals surface area contributed by atoms with Gasteiger partial charge in [-0.15, -0.1) is 0 Å². The molecule has 7 nitrogen and oxygen atoms in total. The molecule has 1 atom stereocenters. The molecule has 0 spiro atoms. The van der Waals surface area contributed by atoms with Crippen LogP contribution in [0.25, 0.3) is 0 Å². The molecule has 1 fully saturated rings. The fraction of sp³-hybridized carbons (Fsp3) is 0.727. The molecule has 7 heteroatoms. The van der Waals surface area contributed by atoms with Crippen LogP contribution in [0.2, 0.25) is 0 Å². The van der Waals surface area contributed by atoms with E-state index in [1.165, 1.54) is 7.11 Å². The standard InChI is InChI=1S/C11H19N3O4/c1-7(2)14-6-8(4-9(14)15)13-11(17)12-5-10(16)18-3/h7-8H,4-6H2,1-3H3,(H2,12,13,17). The molecule has 0 aromatic rings. The molecule has 0 radical (unpaired) electrons. The van der Waals surface area contributed by atoms with Crippen molar-refractivity contribution in [2.45, 2.75) is 32.4 Å². The van der Waals surface area contributed by atoms with Gasteiger partial charge in [-0.05, 0) is 13.8 Å². The van der Waals surface area contributed by atoms with Crippen LogP contribution in [0.5, 0.6) is 0 Å². The summed E-state index contributed by atoms with van der Waals surface area (Å²) in [6.45, 7) is 4.17. The van der Waals surface area contributed by atoms with E-state index in [9.17, 15) is 14.4 Å². The van der Waals surface area contributed by atoms with Gasteiger partial charge in [0, 0.05) is 19.0 Å². The Hall–Kier alpha value is -1.79. The molecule has 1 heterocycles. The van der Waals surface area contributed by atoms with Gasteiger partial charge in [0.15, 0.2) is 0 Å². The normalized spacial score (nSPS) is 19.0. The zero-order valence-electron chi connectivity index (χ0n) is 10.9. The highest BCUT2D eigenvalue weighted by atomic mass is 16.5. The number of nitrogens with one attached hydrogen (secondary N) is 2. The second kappa shape index (κ2) is 6.23. The number of rotatable bonds is 4. The van der Waals surface area contributed by atoms with Crippen molar-refractivity contribution in [3.8, 4) is 0 Å². The van der Waals surface area contributed by atoms with Gasteiger partial charge in [-0.3, -0.25) is 9.59 Å². The average molecular weight is 257 g/mol. The topological polar surface area (TPSA) is 87.7 Å². The van der Waals surface area contributed by atoms with Gasteiger partial charge in [0.1, 0.15) is 6.54 Å². The highest BCUT2D eigenvalue weighted by Gasteiger charge is 2.31. The Balaban J connectivity index is 2.34. The quantitative estimate of drug-likeness (QED) is 0.663. The second-order valence-corrected chi connectivity index (χ2v) is 4.44. The van der Waals surface area contributed by atoms with Crippen LogP contribution in [0.1, 0.15) is 20.3 Å². The summed E-state index contributed by atoms with van der Waals surface area (Å²) < 4.78 is 4.39. The molecule has 1 aliphatic rings. The zero-order valence-corrected chi connectivity index (χ0v) is 10.9. The number of carbonyl (C=O) groups excluding carboxylic acids is 3. The number of nitrogens with zero attached hydrogens (tertiary/aromatic N) is 1. The summed E-state index contributed by atoms with van der Waals surface area (Å²) in [4.78, 5) is 35.6. The molecule has 1 saturated heterocycles. The molecule has 0 bridgehead atoms. The maximum atomic E-state index is 11.6. The van der Waals surface area contributed by atoms with Crippen LogP contribution in [0.4, 0.5) is 4.79 Å². The van der Waals surface area contributed by atoms with Gasteiger partial charge in [-0.25, -0.2) is 4.79 Å². The Labute approximate surface area is 106 Å². The predicted octanol–water partition coefficient (Wildman–Crippen LogP) is -0.532. The van der Waals surface area contributed by atoms with Crippen molar-refractivity contribution in [3.63, 3.8) is 0 Å². The van der Waals surface area contributed by atoms with E-state index in [2.05, 4.69) is 15.4 Å². The molecular weight excluding hydrogens is 238 g/mol. The Morgan fingerprint density at radius 1 is 1.50 bits per heavy atom. The highest BCUT2D eigenvalue weighted by molar-refractivity contribution is 5.83. The van der Waals surface area contributed by atoms with Crippen LogP contribution in [0, 0.1) is 0 Å². The van der Waals surface area contributed by atoms with E-state index in [1.807, 2.05) is 13.8 Å². The third-order valence-electron chi connectivity index (χ3n) is 2.74. The first-order valence-electron chi connectivity index (χ1n) is 5.84. The SMILES string of the molecule is COC(=O)CNC(=O)NC1CC(=O)N(C(C)C)C1. The predicted molar refractivity (Wildman–Crippen MR) is 63.8 cm³/mol. The summed E-state index contributed by atoms with van der Waals surface area (Å²) in [7, 11) is 1.25. The molecule has 2 N–H and O–H groups in total. The monoisotopic (exact) mass is 257 g/mol. The zero-order chi connectivity index (χ0) is 13.7. The van der Waals surface area contributed by atoms with Gasteiger partial charge >= 0.3 is 12.0 Å². The van der Waals surface area contributed by atoms with Crippen LogP contribution >= 0.6 is 0 Å². The lowest BCUT2D eigenvalue weighted by Crippen LogP contribution is -2.45. The number of hydrogen-bond donors (Lipinski definition) is 2. The third-order valence-corrected chi connectivity index (χ3v) is 2.74. The smallest absolute Gasteiger partial charge is 0.325 e. The summed E-state index contributed by atoms with van der Waals surface area (Å²) >= 11 is 0. The van der Waals surface area contributed by atoms with Crippen molar-refractivity contribution in [2.24, 2.45) is 0 Å². The molecule has 18 heavy (non-hydrogen) atoms. The fourth-order valence-electron chi connectivity index (χ4n) is 1.79. The van der Waals surface area contributed by atoms with E-state index in [1.54, 1.807) is 4.90 Å². The maximum absolute atomic E-state index is 11.6. The minimum atomic E-state index is -0.517. The molecule has 0 aromatic carbocycles. The van der Waals surface area contributed by atoms with Crippen molar-refractivity contribution in [2.75, 3.05) is 20.2 Å². The molecule has 1 rings (SSSR count). The first-order chi connectivity index (χ1) is 8.43. The lowest BCUT2D eigenvalue weighted by Gasteiger charge is -2.21. The third kappa shape index (κ3) is 3.90. The van der Waals surface area contributed by atoms with Gasteiger partial charge < -0.3 is 20.3 Å². The molecular formula is C11H19N3O4. The summed E-state index contributed by atoms with van der Waals surface area (Å²) in [6, 6.07) is -0.552. The molecule has 0 aliphatic carbocycles. The van der Waals surface area contributed by atoms with Crippen LogP contribution < -0.4 is 10.6 Å². The Kier molecular flexibility index (Phi) is 4.94. The minimum Gasteiger partial charge on any atom is -0.468 e. The first-order valence-corrected chi connectivity index (χ1v) is 5.84. The van der Waals surface area contributed by atoms with Crippen molar-refractivity contribution < 1.29 is 19.1 Å². The average Bonchev–Trinajstić information content (AvgIpc) is 2.67. The van der Waals surface area contributed by atoms with Crippen molar-refractivity contribution >= 4 is 17.9 Å². The second-order valence-electron chi connectivity index (χ2n) is 4.44. The van der Waals surface area contributed by atoms with Crippen molar-refractivity contribution in [1.82, 2.24) is 15.5 Å². The van der Waals surface area contributed by atoms with Gasteiger partial charge in [0.25, 0.3) is 0 Å². The molecule has 1 aliphatic heterocycles. The number of likely N-dealkylation sites (tertiary alicyclic amines) is 1. The number of esters is 1. The van der Waals surface area contributed by atoms with Crippen LogP contribution in [-0.2, 0) is 14.3 Å². The number of urea groups is 1. The van der Waals surface area contributed by atoms with Gasteiger partial charge in [0.05, 0.1) is 13.2 Å². The highest BCUT2D eigenvalue weighted by Crippen LogP contribution is 2.13. The van der Waals surface area contributed by atoms with E-state index in [0.717, 1.165) is 0 Å². The molecule has 0 saturated carbocycles. The largest absolute Gasteiger partial charge is 0.468 e. The lowest BCUT2D eigenvalue weighted by molar-refractivity contribution is -0.139. The van der Waals surface area contributed by atoms with E-state index in [0.29, 0.717) is 13.0 Å². The van der Waals surface area contributed by atoms with Crippen LogP contribution in [0.15, 0.2) is 0 Å². The minimum absolute atomic E-state index is 0.0308. The summed E-state index contributed by atoms with van der Waals surface area (Å²) in [5.74, 6) is -0.486. The summed E-state index contributed by atoms with van der Waals surface area (Å²) in [5, 5.41) is 5.02. The van der Waals surface area contributed by atoms with E-state index >= 15 is 0 Å². The molecule has 3 amide bonds. The van der Waals surface area contributed by atoms with E-state index in [4.69, 9.17) is 0 Å². The Morgan fingerprint density at radius 3 is 2.67 bits per heavy atom. The van der Waals surface area contributed by atoms with Crippen LogP contribution in [0.3, 0.4) is 0 Å². The van der Waals surface area contributed by atoms with E-state index < -0.39 is 12.0 Å². The van der Waals surface area contributed by atoms with Gasteiger partial charge in [-0.2, -0.15) is 0 Å². The lowest BCUT2D eigenvalue weighted by atomic mass is 10.2. The number of carbonyl (C=O) groups is 3. The number of amides is 3. The van der Waals surface area contributed by atoms with E-state index in [-0.39, 0.29) is 24.5 Å². The molecule has 0 aromatic heterocycles. The number of methoxy groups -OCH3 is 1. The van der Waals surface area contributed by atoms with Crippen molar-refractivity contribution in [3.05, 3.63) is 0 Å². The molecule has 102 valence electrons. The summed E-state index contributed by atoms with van der Waals surface area (Å²) in [6.07, 6.45) is 0.295. The van der Waals surface area contributed by atoms with Gasteiger partial charge in [-0.1, -0.05) is 0 Å². The Morgan fingerprint density at radius 2 is 2.17 bits per heavy atom. The summed E-state index contributed by atoms with van der Waals surface area (Å²) in [5.41, 5.74) is 0. The van der Waals surface area contributed by atoms with Crippen LogP contribution in [-0.4, -0.2) is 55.1 Å².